The number of benzene rings is 2. The molecule has 2 aromatic carbocycles. The Morgan fingerprint density at radius 1 is 1.14 bits per heavy atom. The van der Waals surface area contributed by atoms with E-state index >= 15 is 0 Å². The first-order valence-electron chi connectivity index (χ1n) is 13.8. The number of carbonyl (C=O) groups is 1. The molecule has 42 heavy (non-hydrogen) atoms. The maximum absolute atomic E-state index is 13.4. The van der Waals surface area contributed by atoms with Crippen molar-refractivity contribution in [3.63, 3.8) is 0 Å². The van der Waals surface area contributed by atoms with Crippen LogP contribution in [0.5, 0.6) is 11.9 Å². The van der Waals surface area contributed by atoms with Gasteiger partial charge in [-0.2, -0.15) is 10.2 Å². The molecule has 6 rings (SSSR count). The first-order chi connectivity index (χ1) is 20.4. The average molecular weight is 573 g/mol. The lowest BCUT2D eigenvalue weighted by Crippen LogP contribution is -2.39. The highest BCUT2D eigenvalue weighted by atomic mass is 19.1. The van der Waals surface area contributed by atoms with Crippen LogP contribution in [-0.2, 0) is 24.4 Å². The van der Waals surface area contributed by atoms with Crippen molar-refractivity contribution in [1.29, 1.82) is 5.26 Å². The molecule has 2 aliphatic heterocycles. The largest absolute Gasteiger partial charge is 0.478 e. The van der Waals surface area contributed by atoms with Crippen molar-refractivity contribution < 1.29 is 28.5 Å². The molecule has 2 saturated heterocycles. The van der Waals surface area contributed by atoms with Crippen molar-refractivity contribution in [3.05, 3.63) is 77.0 Å². The average Bonchev–Trinajstić information content (AvgIpc) is 3.31. The van der Waals surface area contributed by atoms with Gasteiger partial charge in [0.25, 0.3) is 0 Å². The summed E-state index contributed by atoms with van der Waals surface area (Å²) in [6.07, 6.45) is 4.18. The van der Waals surface area contributed by atoms with Gasteiger partial charge in [0.15, 0.2) is 0 Å². The molecule has 4 heterocycles. The third-order valence-electron chi connectivity index (χ3n) is 7.60. The molecule has 216 valence electrons. The molecule has 1 N–H and O–H groups in total. The Kier molecular flexibility index (Phi) is 7.94. The van der Waals surface area contributed by atoms with Gasteiger partial charge < -0.3 is 23.9 Å². The van der Waals surface area contributed by atoms with Gasteiger partial charge in [-0.25, -0.2) is 19.2 Å². The lowest BCUT2D eigenvalue weighted by atomic mass is 10.1. The number of aromatic nitrogens is 4. The second-order valence-corrected chi connectivity index (χ2v) is 10.4. The minimum absolute atomic E-state index is 0.0281. The number of nitriles is 1. The van der Waals surface area contributed by atoms with E-state index in [0.717, 1.165) is 55.8 Å². The van der Waals surface area contributed by atoms with Gasteiger partial charge in [-0.15, -0.1) is 0 Å². The van der Waals surface area contributed by atoms with Crippen molar-refractivity contribution in [2.45, 2.75) is 51.2 Å². The van der Waals surface area contributed by atoms with Crippen LogP contribution in [0.25, 0.3) is 11.0 Å². The minimum Gasteiger partial charge on any atom is -0.478 e. The molecule has 0 saturated carbocycles. The van der Waals surface area contributed by atoms with Crippen LogP contribution < -0.4 is 9.47 Å². The smallest absolute Gasteiger partial charge is 0.335 e. The Morgan fingerprint density at radius 2 is 1.98 bits per heavy atom. The van der Waals surface area contributed by atoms with E-state index in [-0.39, 0.29) is 36.0 Å². The van der Waals surface area contributed by atoms with E-state index in [1.165, 1.54) is 18.2 Å². The van der Waals surface area contributed by atoms with Crippen molar-refractivity contribution in [3.8, 4) is 18.0 Å². The first kappa shape index (κ1) is 27.6. The number of carboxylic acid groups (broad SMARTS) is 1. The highest BCUT2D eigenvalue weighted by Gasteiger charge is 2.26. The fourth-order valence-corrected chi connectivity index (χ4v) is 5.20. The van der Waals surface area contributed by atoms with Crippen LogP contribution in [-0.4, -0.2) is 67.4 Å². The molecule has 0 unspecified atom stereocenters. The summed E-state index contributed by atoms with van der Waals surface area (Å²) in [7, 11) is 0. The molecule has 4 aromatic rings. The van der Waals surface area contributed by atoms with E-state index in [9.17, 15) is 19.6 Å². The molecule has 0 radical (unpaired) electrons. The van der Waals surface area contributed by atoms with Gasteiger partial charge in [0, 0.05) is 37.5 Å². The number of rotatable bonds is 10. The van der Waals surface area contributed by atoms with Crippen LogP contribution in [0.1, 0.15) is 46.6 Å². The van der Waals surface area contributed by atoms with E-state index < -0.39 is 11.8 Å². The number of imidazole rings is 1. The number of hydrogen-bond donors (Lipinski definition) is 1. The second-order valence-electron chi connectivity index (χ2n) is 10.4. The number of halogens is 1. The second kappa shape index (κ2) is 12.1. The highest BCUT2D eigenvalue weighted by molar-refractivity contribution is 5.92. The molecular formula is C30H29FN6O5. The SMILES string of the molecule is N#Cc1cc(F)ccc1COc1nccc(OC2CCN(Cc3nc4ccc(C(=O)O)cc4n3C[C@@H]3CCO3)CC2)n1. The molecular weight excluding hydrogens is 543 g/mol. The summed E-state index contributed by atoms with van der Waals surface area (Å²) in [5, 5.41) is 18.7. The van der Waals surface area contributed by atoms with E-state index in [1.807, 2.05) is 6.07 Å². The number of aromatic carboxylic acids is 1. The fourth-order valence-electron chi connectivity index (χ4n) is 5.20. The monoisotopic (exact) mass is 572 g/mol. The van der Waals surface area contributed by atoms with Gasteiger partial charge in [0.05, 0.1) is 47.4 Å². The Morgan fingerprint density at radius 3 is 2.71 bits per heavy atom. The first-order valence-corrected chi connectivity index (χ1v) is 13.8. The van der Waals surface area contributed by atoms with Gasteiger partial charge in [0.1, 0.15) is 24.4 Å². The number of carboxylic acids is 1. The van der Waals surface area contributed by atoms with Gasteiger partial charge in [-0.1, -0.05) is 6.07 Å². The summed E-state index contributed by atoms with van der Waals surface area (Å²) < 4.78 is 33.0. The van der Waals surface area contributed by atoms with Gasteiger partial charge in [0.2, 0.25) is 5.88 Å². The Hall–Kier alpha value is -4.60. The number of nitrogens with zero attached hydrogens (tertiary/aromatic N) is 6. The molecule has 0 bridgehead atoms. The number of ether oxygens (including phenoxy) is 3. The topological polar surface area (TPSA) is 136 Å². The Bertz CT molecular complexity index is 1640. The number of piperidine rings is 1. The number of fused-ring (bicyclic) bond motifs is 1. The lowest BCUT2D eigenvalue weighted by molar-refractivity contribution is -0.0592. The van der Waals surface area contributed by atoms with E-state index in [4.69, 9.17) is 19.2 Å². The van der Waals surface area contributed by atoms with Gasteiger partial charge in [-0.05, 0) is 49.6 Å². The molecule has 11 nitrogen and oxygen atoms in total. The zero-order valence-electron chi connectivity index (χ0n) is 22.8. The summed E-state index contributed by atoms with van der Waals surface area (Å²) >= 11 is 0. The minimum atomic E-state index is -0.962. The van der Waals surface area contributed by atoms with E-state index in [2.05, 4.69) is 19.4 Å². The van der Waals surface area contributed by atoms with Crippen LogP contribution in [0.4, 0.5) is 4.39 Å². The van der Waals surface area contributed by atoms with Crippen LogP contribution in [0.2, 0.25) is 0 Å². The fraction of sp³-hybridized carbons (Fsp3) is 0.367. The summed E-state index contributed by atoms with van der Waals surface area (Å²) in [6.45, 7) is 3.65. The Balaban J connectivity index is 1.06. The van der Waals surface area contributed by atoms with Gasteiger partial charge >= 0.3 is 12.0 Å². The summed E-state index contributed by atoms with van der Waals surface area (Å²) in [5.74, 6) is -0.156. The number of likely N-dealkylation sites (tertiary alicyclic amines) is 1. The number of hydrogen-bond acceptors (Lipinski definition) is 9. The highest BCUT2D eigenvalue weighted by Crippen LogP contribution is 2.25. The quantitative estimate of drug-likeness (QED) is 0.298. The summed E-state index contributed by atoms with van der Waals surface area (Å²) in [4.78, 5) is 27.2. The van der Waals surface area contributed by atoms with E-state index in [0.29, 0.717) is 24.5 Å². The van der Waals surface area contributed by atoms with Crippen LogP contribution in [0.3, 0.4) is 0 Å². The molecule has 0 amide bonds. The van der Waals surface area contributed by atoms with Crippen LogP contribution in [0.15, 0.2) is 48.7 Å². The summed E-state index contributed by atoms with van der Waals surface area (Å²) in [5.41, 5.74) is 2.56. The molecule has 12 heteroatoms. The maximum Gasteiger partial charge on any atom is 0.335 e. The molecule has 2 aromatic heterocycles. The van der Waals surface area contributed by atoms with Crippen molar-refractivity contribution in [2.75, 3.05) is 19.7 Å². The van der Waals surface area contributed by atoms with E-state index in [1.54, 1.807) is 30.5 Å². The predicted octanol–water partition coefficient (Wildman–Crippen LogP) is 3.95. The predicted molar refractivity (Wildman–Crippen MR) is 147 cm³/mol. The molecule has 1 atom stereocenters. The van der Waals surface area contributed by atoms with Gasteiger partial charge in [-0.3, -0.25) is 4.90 Å². The van der Waals surface area contributed by atoms with Crippen molar-refractivity contribution >= 4 is 17.0 Å². The molecule has 2 aliphatic rings. The summed E-state index contributed by atoms with van der Waals surface area (Å²) in [6, 6.07) is 12.7. The zero-order chi connectivity index (χ0) is 29.1. The third-order valence-corrected chi connectivity index (χ3v) is 7.60. The standard InChI is InChI=1S/C30H29FN6O5/c31-22-3-1-20(21(13-22)15-32)18-41-30-33-9-5-28(35-30)42-23-6-10-36(11-7-23)17-27-34-25-4-2-19(29(38)39)14-26(25)37(27)16-24-8-12-40-24/h1-5,9,13-14,23-24H,6-8,10-12,16-18H2,(H,38,39)/t24-/m0/s1. The third kappa shape index (κ3) is 6.17. The lowest BCUT2D eigenvalue weighted by Gasteiger charge is -2.32. The molecule has 0 aliphatic carbocycles. The molecule has 2 fully saturated rings. The Labute approximate surface area is 241 Å². The molecule has 0 spiro atoms. The maximum atomic E-state index is 13.4. The van der Waals surface area contributed by atoms with Crippen molar-refractivity contribution in [2.24, 2.45) is 0 Å². The van der Waals surface area contributed by atoms with Crippen LogP contribution in [0, 0.1) is 17.1 Å². The normalized spacial score (nSPS) is 17.5. The zero-order valence-corrected chi connectivity index (χ0v) is 22.8. The van der Waals surface area contributed by atoms with Crippen LogP contribution >= 0.6 is 0 Å². The van der Waals surface area contributed by atoms with Crippen molar-refractivity contribution in [1.82, 2.24) is 24.4 Å².